The Morgan fingerprint density at radius 2 is 1.53 bits per heavy atom. The van der Waals surface area contributed by atoms with E-state index in [9.17, 15) is 9.59 Å². The number of alkyl halides is 5. The van der Waals surface area contributed by atoms with Crippen LogP contribution in [0.4, 0.5) is 9.59 Å². The first-order chi connectivity index (χ1) is 8.39. The van der Waals surface area contributed by atoms with Crippen molar-refractivity contribution in [2.24, 2.45) is 0 Å². The predicted molar refractivity (Wildman–Crippen MR) is 72.7 cm³/mol. The lowest BCUT2D eigenvalue weighted by Crippen LogP contribution is -2.19. The number of ether oxygens (including phenoxy) is 2. The van der Waals surface area contributed by atoms with Crippen LogP contribution in [0.5, 0.6) is 0 Å². The number of carbonyl (C=O) groups is 2. The SMILES string of the molecule is CCC(Cl)(Cl)OC(=O)O.O=C(O)OCCC(Cl)(Cl)Cl. The molecular weight excluding hydrogens is 369 g/mol. The lowest BCUT2D eigenvalue weighted by molar-refractivity contribution is 0.0641. The molecule has 114 valence electrons. The normalized spacial score (nSPS) is 11.1. The first-order valence-electron chi connectivity index (χ1n) is 4.62. The highest BCUT2D eigenvalue weighted by Crippen LogP contribution is 2.29. The summed E-state index contributed by atoms with van der Waals surface area (Å²) in [6.07, 6.45) is -2.55. The van der Waals surface area contributed by atoms with Gasteiger partial charge in [-0.1, -0.05) is 64.9 Å². The van der Waals surface area contributed by atoms with E-state index in [1.165, 1.54) is 0 Å². The molecule has 0 aromatic carbocycles. The lowest BCUT2D eigenvalue weighted by atomic mass is 10.5. The molecule has 0 radical (unpaired) electrons. The van der Waals surface area contributed by atoms with Gasteiger partial charge in [-0.3, -0.25) is 0 Å². The van der Waals surface area contributed by atoms with Crippen LogP contribution < -0.4 is 0 Å². The fraction of sp³-hybridized carbons (Fsp3) is 0.750. The average molecular weight is 380 g/mol. The van der Waals surface area contributed by atoms with Gasteiger partial charge in [0.1, 0.15) is 0 Å². The Balaban J connectivity index is 0. The molecule has 0 aliphatic rings. The topological polar surface area (TPSA) is 93.1 Å². The predicted octanol–water partition coefficient (Wildman–Crippen LogP) is 4.66. The second kappa shape index (κ2) is 9.83. The molecule has 2 N–H and O–H groups in total. The number of carboxylic acid groups (broad SMARTS) is 2. The van der Waals surface area contributed by atoms with Crippen molar-refractivity contribution < 1.29 is 29.3 Å². The summed E-state index contributed by atoms with van der Waals surface area (Å²) >= 11 is 26.4. The first-order valence-corrected chi connectivity index (χ1v) is 6.51. The van der Waals surface area contributed by atoms with Crippen LogP contribution in [-0.4, -0.2) is 37.4 Å². The van der Waals surface area contributed by atoms with Crippen molar-refractivity contribution in [1.82, 2.24) is 0 Å². The van der Waals surface area contributed by atoms with Crippen molar-refractivity contribution >= 4 is 70.3 Å². The molecule has 0 rings (SSSR count). The van der Waals surface area contributed by atoms with Crippen LogP contribution in [0.15, 0.2) is 0 Å². The Kier molecular flexibility index (Phi) is 11.0. The highest BCUT2D eigenvalue weighted by molar-refractivity contribution is 6.67. The maximum atomic E-state index is 9.78. The molecule has 0 aliphatic carbocycles. The molecule has 0 aliphatic heterocycles. The summed E-state index contributed by atoms with van der Waals surface area (Å²) in [7, 11) is 0. The smallest absolute Gasteiger partial charge is 0.450 e. The van der Waals surface area contributed by atoms with E-state index in [2.05, 4.69) is 9.47 Å². The molecule has 0 atom stereocenters. The van der Waals surface area contributed by atoms with Crippen LogP contribution in [0.25, 0.3) is 0 Å². The second-order valence-electron chi connectivity index (χ2n) is 2.84. The van der Waals surface area contributed by atoms with Crippen molar-refractivity contribution in [2.75, 3.05) is 6.61 Å². The summed E-state index contributed by atoms with van der Waals surface area (Å²) in [4.78, 5) is 19.5. The van der Waals surface area contributed by atoms with Crippen LogP contribution in [0.2, 0.25) is 0 Å². The maximum absolute atomic E-state index is 9.78. The minimum Gasteiger partial charge on any atom is -0.450 e. The summed E-state index contributed by atoms with van der Waals surface area (Å²) in [6, 6.07) is 0. The third kappa shape index (κ3) is 20.5. The Morgan fingerprint density at radius 3 is 1.74 bits per heavy atom. The zero-order chi connectivity index (χ0) is 15.7. The van der Waals surface area contributed by atoms with Crippen LogP contribution in [0.1, 0.15) is 19.8 Å². The zero-order valence-corrected chi connectivity index (χ0v) is 13.3. The van der Waals surface area contributed by atoms with Gasteiger partial charge in [0.25, 0.3) is 4.52 Å². The standard InChI is InChI=1S/C4H5Cl3O3.C4H6Cl2O3/c5-4(6,7)1-2-10-3(8)9;1-2-4(5,6)9-3(7)8/h1-2H2,(H,8,9);2H2,1H3,(H,7,8). The number of rotatable bonds is 4. The van der Waals surface area contributed by atoms with Gasteiger partial charge in [0.15, 0.2) is 3.79 Å². The van der Waals surface area contributed by atoms with E-state index < -0.39 is 20.6 Å². The molecule has 0 fully saturated rings. The van der Waals surface area contributed by atoms with E-state index >= 15 is 0 Å². The van der Waals surface area contributed by atoms with Crippen molar-refractivity contribution in [3.05, 3.63) is 0 Å². The van der Waals surface area contributed by atoms with Gasteiger partial charge in [0.2, 0.25) is 0 Å². The molecule has 0 bridgehead atoms. The van der Waals surface area contributed by atoms with Gasteiger partial charge in [-0.25, -0.2) is 9.59 Å². The molecule has 0 saturated carbocycles. The quantitative estimate of drug-likeness (QED) is 0.544. The van der Waals surface area contributed by atoms with E-state index in [1.807, 2.05) is 0 Å². The van der Waals surface area contributed by atoms with E-state index in [0.717, 1.165) is 0 Å². The van der Waals surface area contributed by atoms with Crippen LogP contribution in [0.3, 0.4) is 0 Å². The molecule has 0 saturated heterocycles. The van der Waals surface area contributed by atoms with Crippen molar-refractivity contribution in [3.8, 4) is 0 Å². The molecule has 0 spiro atoms. The summed E-state index contributed by atoms with van der Waals surface area (Å²) < 4.78 is 5.09. The van der Waals surface area contributed by atoms with Gasteiger partial charge in [-0.05, 0) is 0 Å². The Labute approximate surface area is 134 Å². The molecule has 19 heavy (non-hydrogen) atoms. The molecule has 11 heteroatoms. The van der Waals surface area contributed by atoms with Gasteiger partial charge < -0.3 is 19.7 Å². The molecule has 0 aromatic rings. The highest BCUT2D eigenvalue weighted by atomic mass is 35.6. The Bertz CT molecular complexity index is 290. The third-order valence-corrected chi connectivity index (χ3v) is 2.52. The minimum atomic E-state index is -1.59. The molecule has 0 heterocycles. The summed E-state index contributed by atoms with van der Waals surface area (Å²) in [5.74, 6) is 0. The zero-order valence-electron chi connectivity index (χ0n) is 9.54. The van der Waals surface area contributed by atoms with Gasteiger partial charge in [-0.15, -0.1) is 0 Å². The number of halogens is 5. The Morgan fingerprint density at radius 1 is 1.05 bits per heavy atom. The molecule has 6 nitrogen and oxygen atoms in total. The fourth-order valence-electron chi connectivity index (χ4n) is 0.454. The van der Waals surface area contributed by atoms with Crippen molar-refractivity contribution in [3.63, 3.8) is 0 Å². The highest BCUT2D eigenvalue weighted by Gasteiger charge is 2.25. The van der Waals surface area contributed by atoms with Gasteiger partial charge in [-0.2, -0.15) is 0 Å². The van der Waals surface area contributed by atoms with E-state index in [-0.39, 0.29) is 19.4 Å². The summed E-state index contributed by atoms with van der Waals surface area (Å²) in [5.41, 5.74) is 0. The second-order valence-corrected chi connectivity index (χ2v) is 6.77. The number of hydrogen-bond donors (Lipinski definition) is 2. The summed E-state index contributed by atoms with van der Waals surface area (Å²) in [6.45, 7) is 1.51. The van der Waals surface area contributed by atoms with Crippen molar-refractivity contribution in [1.29, 1.82) is 0 Å². The largest absolute Gasteiger partial charge is 0.508 e. The van der Waals surface area contributed by atoms with Crippen molar-refractivity contribution in [2.45, 2.75) is 28.1 Å². The van der Waals surface area contributed by atoms with E-state index in [4.69, 9.17) is 68.2 Å². The van der Waals surface area contributed by atoms with E-state index in [0.29, 0.717) is 0 Å². The number of hydrogen-bond acceptors (Lipinski definition) is 4. The minimum absolute atomic E-state index is 0.0595. The maximum Gasteiger partial charge on any atom is 0.508 e. The van der Waals surface area contributed by atoms with E-state index in [1.54, 1.807) is 6.92 Å². The summed E-state index contributed by atoms with van der Waals surface area (Å²) in [5, 5.41) is 15.9. The first kappa shape index (κ1) is 21.3. The third-order valence-electron chi connectivity index (χ3n) is 1.26. The van der Waals surface area contributed by atoms with Crippen LogP contribution in [0, 0.1) is 0 Å². The molecule has 0 aromatic heterocycles. The van der Waals surface area contributed by atoms with Gasteiger partial charge >= 0.3 is 12.3 Å². The van der Waals surface area contributed by atoms with Gasteiger partial charge in [0, 0.05) is 12.8 Å². The van der Waals surface area contributed by atoms with Crippen LogP contribution in [-0.2, 0) is 9.47 Å². The monoisotopic (exact) mass is 378 g/mol. The van der Waals surface area contributed by atoms with Gasteiger partial charge in [0.05, 0.1) is 6.61 Å². The van der Waals surface area contributed by atoms with Crippen LogP contribution >= 0.6 is 58.0 Å². The average Bonchev–Trinajstić information content (AvgIpc) is 2.14. The fourth-order valence-corrected chi connectivity index (χ4v) is 0.817. The molecule has 0 amide bonds. The molecular formula is C8H11Cl5O6. The lowest BCUT2D eigenvalue weighted by Gasteiger charge is -2.14. The molecule has 0 unspecified atom stereocenters. The Hall–Kier alpha value is -0.0100.